The zero-order valence-electron chi connectivity index (χ0n) is 12.6. The van der Waals surface area contributed by atoms with Gasteiger partial charge in [0, 0.05) is 17.7 Å². The first kappa shape index (κ1) is 14.6. The lowest BCUT2D eigenvalue weighted by Crippen LogP contribution is -2.41. The number of benzene rings is 2. The molecule has 4 rings (SSSR count). The largest absolute Gasteiger partial charge is 0.508 e. The lowest BCUT2D eigenvalue weighted by atomic mass is 9.88. The molecule has 2 unspecified atom stereocenters. The van der Waals surface area contributed by atoms with E-state index >= 15 is 0 Å². The van der Waals surface area contributed by atoms with E-state index in [0.717, 1.165) is 0 Å². The Morgan fingerprint density at radius 2 is 1.83 bits per heavy atom. The van der Waals surface area contributed by atoms with Crippen LogP contribution in [0.25, 0.3) is 0 Å². The number of aromatic hydroxyl groups is 3. The molecule has 0 bridgehead atoms. The summed E-state index contributed by atoms with van der Waals surface area (Å²) in [6.07, 6.45) is -1.68. The summed E-state index contributed by atoms with van der Waals surface area (Å²) in [5.41, 5.74) is 1.39. The number of hydrogen-bond acceptors (Lipinski definition) is 7. The SMILES string of the molecule is COc1cc(O)cc2c1C(=O)C1OCc3cc(O)c(O)cc3C1O2. The summed E-state index contributed by atoms with van der Waals surface area (Å²) in [4.78, 5) is 12.8. The number of rotatable bonds is 1. The third kappa shape index (κ3) is 1.98. The number of fused-ring (bicyclic) bond motifs is 4. The van der Waals surface area contributed by atoms with E-state index in [1.54, 1.807) is 0 Å². The quantitative estimate of drug-likeness (QED) is 0.687. The van der Waals surface area contributed by atoms with Gasteiger partial charge in [0.15, 0.2) is 23.7 Å². The third-order valence-corrected chi connectivity index (χ3v) is 4.27. The Morgan fingerprint density at radius 1 is 1.08 bits per heavy atom. The average molecular weight is 330 g/mol. The van der Waals surface area contributed by atoms with Crippen LogP contribution in [0.2, 0.25) is 0 Å². The van der Waals surface area contributed by atoms with Crippen LogP contribution in [0.15, 0.2) is 24.3 Å². The number of ketones is 1. The minimum Gasteiger partial charge on any atom is -0.508 e. The highest BCUT2D eigenvalue weighted by molar-refractivity contribution is 6.06. The molecule has 2 aliphatic heterocycles. The Balaban J connectivity index is 1.87. The normalized spacial score (nSPS) is 21.3. The molecule has 0 radical (unpaired) electrons. The number of phenols is 3. The first-order chi connectivity index (χ1) is 11.5. The molecule has 0 amide bonds. The van der Waals surface area contributed by atoms with Crippen LogP contribution in [0.3, 0.4) is 0 Å². The van der Waals surface area contributed by atoms with E-state index in [2.05, 4.69) is 0 Å². The molecule has 2 heterocycles. The van der Waals surface area contributed by atoms with Crippen molar-refractivity contribution in [2.75, 3.05) is 7.11 Å². The van der Waals surface area contributed by atoms with Crippen LogP contribution in [0.1, 0.15) is 27.6 Å². The van der Waals surface area contributed by atoms with Crippen molar-refractivity contribution in [1.29, 1.82) is 0 Å². The third-order valence-electron chi connectivity index (χ3n) is 4.27. The van der Waals surface area contributed by atoms with Crippen LogP contribution < -0.4 is 9.47 Å². The molecule has 124 valence electrons. The van der Waals surface area contributed by atoms with Gasteiger partial charge in [-0.1, -0.05) is 0 Å². The van der Waals surface area contributed by atoms with Crippen molar-refractivity contribution in [3.63, 3.8) is 0 Å². The first-order valence-corrected chi connectivity index (χ1v) is 7.28. The number of methoxy groups -OCH3 is 1. The zero-order valence-corrected chi connectivity index (χ0v) is 12.6. The maximum atomic E-state index is 12.8. The Bertz CT molecular complexity index is 859. The molecule has 0 spiro atoms. The molecule has 2 aromatic carbocycles. The molecule has 0 saturated heterocycles. The zero-order chi connectivity index (χ0) is 17.0. The maximum Gasteiger partial charge on any atom is 0.203 e. The van der Waals surface area contributed by atoms with Crippen LogP contribution in [-0.2, 0) is 11.3 Å². The fraction of sp³-hybridized carbons (Fsp3) is 0.235. The van der Waals surface area contributed by atoms with E-state index in [1.165, 1.54) is 31.4 Å². The molecule has 7 nitrogen and oxygen atoms in total. The van der Waals surface area contributed by atoms with E-state index in [-0.39, 0.29) is 46.7 Å². The van der Waals surface area contributed by atoms with Crippen LogP contribution in [-0.4, -0.2) is 34.3 Å². The minimum atomic E-state index is -0.896. The molecule has 2 aromatic rings. The van der Waals surface area contributed by atoms with Gasteiger partial charge in [-0.05, 0) is 17.7 Å². The van der Waals surface area contributed by atoms with Crippen molar-refractivity contribution < 1.29 is 34.3 Å². The Morgan fingerprint density at radius 3 is 2.58 bits per heavy atom. The van der Waals surface area contributed by atoms with E-state index in [4.69, 9.17) is 14.2 Å². The van der Waals surface area contributed by atoms with Crippen molar-refractivity contribution in [2.45, 2.75) is 18.8 Å². The fourth-order valence-corrected chi connectivity index (χ4v) is 3.15. The summed E-state index contributed by atoms with van der Waals surface area (Å²) in [6.45, 7) is 0.106. The van der Waals surface area contributed by atoms with Gasteiger partial charge >= 0.3 is 0 Å². The van der Waals surface area contributed by atoms with Gasteiger partial charge in [0.25, 0.3) is 0 Å². The summed E-state index contributed by atoms with van der Waals surface area (Å²) >= 11 is 0. The van der Waals surface area contributed by atoms with Crippen molar-refractivity contribution >= 4 is 5.78 Å². The molecule has 2 atom stereocenters. The van der Waals surface area contributed by atoms with Gasteiger partial charge in [-0.3, -0.25) is 4.79 Å². The number of phenolic OH excluding ortho intramolecular Hbond substituents is 3. The van der Waals surface area contributed by atoms with Crippen LogP contribution in [0.4, 0.5) is 0 Å². The Labute approximate surface area is 136 Å². The summed E-state index contributed by atoms with van der Waals surface area (Å²) in [6, 6.07) is 5.41. The summed E-state index contributed by atoms with van der Waals surface area (Å²) in [5.74, 6) is -0.598. The topological polar surface area (TPSA) is 105 Å². The second-order valence-corrected chi connectivity index (χ2v) is 5.70. The molecule has 7 heteroatoms. The van der Waals surface area contributed by atoms with Crippen LogP contribution >= 0.6 is 0 Å². The van der Waals surface area contributed by atoms with E-state index < -0.39 is 12.2 Å². The van der Waals surface area contributed by atoms with Crippen molar-refractivity contribution in [2.24, 2.45) is 0 Å². The smallest absolute Gasteiger partial charge is 0.203 e. The molecular weight excluding hydrogens is 316 g/mol. The highest BCUT2D eigenvalue weighted by Gasteiger charge is 2.44. The molecule has 0 aliphatic carbocycles. The van der Waals surface area contributed by atoms with Gasteiger partial charge in [-0.25, -0.2) is 0 Å². The number of ether oxygens (including phenoxy) is 3. The highest BCUT2D eigenvalue weighted by Crippen LogP contribution is 2.47. The second-order valence-electron chi connectivity index (χ2n) is 5.70. The van der Waals surface area contributed by atoms with Crippen LogP contribution in [0.5, 0.6) is 28.7 Å². The Hall–Kier alpha value is -2.93. The molecule has 24 heavy (non-hydrogen) atoms. The highest BCUT2D eigenvalue weighted by atomic mass is 16.6. The molecular formula is C17H14O7. The van der Waals surface area contributed by atoms with Gasteiger partial charge in [0.05, 0.1) is 13.7 Å². The lowest BCUT2D eigenvalue weighted by Gasteiger charge is -2.37. The summed E-state index contributed by atoms with van der Waals surface area (Å²) in [7, 11) is 1.40. The van der Waals surface area contributed by atoms with E-state index in [0.29, 0.717) is 11.1 Å². The van der Waals surface area contributed by atoms with Gasteiger partial charge in [-0.2, -0.15) is 0 Å². The predicted molar refractivity (Wildman–Crippen MR) is 80.7 cm³/mol. The monoisotopic (exact) mass is 330 g/mol. The van der Waals surface area contributed by atoms with Crippen LogP contribution in [0, 0.1) is 0 Å². The molecule has 3 N–H and O–H groups in total. The van der Waals surface area contributed by atoms with E-state index in [9.17, 15) is 20.1 Å². The number of carbonyl (C=O) groups excluding carboxylic acids is 1. The predicted octanol–water partition coefficient (Wildman–Crippen LogP) is 2.03. The van der Waals surface area contributed by atoms with Crippen molar-refractivity contribution in [3.05, 3.63) is 41.0 Å². The first-order valence-electron chi connectivity index (χ1n) is 7.28. The average Bonchev–Trinajstić information content (AvgIpc) is 2.55. The minimum absolute atomic E-state index is 0.0950. The molecule has 0 saturated carbocycles. The maximum absolute atomic E-state index is 12.8. The Kier molecular flexibility index (Phi) is 3.07. The van der Waals surface area contributed by atoms with Crippen molar-refractivity contribution in [1.82, 2.24) is 0 Å². The number of carbonyl (C=O) groups is 1. The molecule has 2 aliphatic rings. The molecule has 0 fully saturated rings. The van der Waals surface area contributed by atoms with Gasteiger partial charge in [0.2, 0.25) is 5.78 Å². The van der Waals surface area contributed by atoms with Gasteiger partial charge in [-0.15, -0.1) is 0 Å². The van der Waals surface area contributed by atoms with Gasteiger partial charge < -0.3 is 29.5 Å². The summed E-state index contributed by atoms with van der Waals surface area (Å²) in [5, 5.41) is 29.2. The second kappa shape index (κ2) is 5.04. The lowest BCUT2D eigenvalue weighted by molar-refractivity contribution is -0.0427. The van der Waals surface area contributed by atoms with E-state index in [1.807, 2.05) is 0 Å². The van der Waals surface area contributed by atoms with Crippen molar-refractivity contribution in [3.8, 4) is 28.7 Å². The molecule has 0 aromatic heterocycles. The standard InChI is InChI=1S/C17H14O7/c1-22-12-3-8(18)4-13-14(12)15(21)17-16(24-13)9-5-11(20)10(19)2-7(9)6-23-17/h2-5,16-20H,6H2,1H3. The summed E-state index contributed by atoms with van der Waals surface area (Å²) < 4.78 is 16.6. The number of hydrogen-bond donors (Lipinski definition) is 3. The number of Topliss-reactive ketones (excluding diaryl/α,β-unsaturated/α-hetero) is 1. The van der Waals surface area contributed by atoms with Gasteiger partial charge in [0.1, 0.15) is 22.8 Å². The fourth-order valence-electron chi connectivity index (χ4n) is 3.15.